The molecule has 2 nitrogen and oxygen atoms in total. The van der Waals surface area contributed by atoms with Crippen LogP contribution in [-0.2, 0) is 0 Å². The standard InChI is InChI=1S/C10H13F2N2/c1-14(2)6-5-13-10-7-8(11)3-4-9(10)12/h3,7,13H,5-6H2,1-2H3. The Kier molecular flexibility index (Phi) is 3.83. The van der Waals surface area contributed by atoms with Crippen molar-refractivity contribution in [3.8, 4) is 0 Å². The maximum atomic E-state index is 13.0. The summed E-state index contributed by atoms with van der Waals surface area (Å²) < 4.78 is 25.7. The van der Waals surface area contributed by atoms with E-state index in [1.54, 1.807) is 0 Å². The molecule has 1 aromatic rings. The summed E-state index contributed by atoms with van der Waals surface area (Å²) in [7, 11) is 3.82. The van der Waals surface area contributed by atoms with E-state index in [2.05, 4.69) is 11.4 Å². The Morgan fingerprint density at radius 1 is 1.43 bits per heavy atom. The van der Waals surface area contributed by atoms with Crippen molar-refractivity contribution < 1.29 is 8.78 Å². The van der Waals surface area contributed by atoms with Gasteiger partial charge in [-0.05, 0) is 26.2 Å². The Hall–Kier alpha value is -1.16. The molecule has 0 aromatic heterocycles. The third kappa shape index (κ3) is 3.30. The molecule has 0 saturated heterocycles. The van der Waals surface area contributed by atoms with Crippen molar-refractivity contribution in [2.75, 3.05) is 32.5 Å². The van der Waals surface area contributed by atoms with Gasteiger partial charge >= 0.3 is 0 Å². The van der Waals surface area contributed by atoms with Gasteiger partial charge in [0.1, 0.15) is 5.82 Å². The molecule has 4 heteroatoms. The summed E-state index contributed by atoms with van der Waals surface area (Å²) in [5, 5.41) is 2.80. The zero-order valence-corrected chi connectivity index (χ0v) is 8.27. The van der Waals surface area contributed by atoms with Gasteiger partial charge in [-0.3, -0.25) is 0 Å². The minimum Gasteiger partial charge on any atom is -0.381 e. The van der Waals surface area contributed by atoms with Gasteiger partial charge in [-0.15, -0.1) is 0 Å². The number of rotatable bonds is 4. The summed E-state index contributed by atoms with van der Waals surface area (Å²) >= 11 is 0. The van der Waals surface area contributed by atoms with Gasteiger partial charge in [-0.2, -0.15) is 0 Å². The summed E-state index contributed by atoms with van der Waals surface area (Å²) in [6.45, 7) is 1.33. The highest BCUT2D eigenvalue weighted by Crippen LogP contribution is 2.13. The van der Waals surface area contributed by atoms with Crippen LogP contribution in [0.2, 0.25) is 0 Å². The molecule has 1 rings (SSSR count). The van der Waals surface area contributed by atoms with Crippen LogP contribution in [0.25, 0.3) is 0 Å². The summed E-state index contributed by atoms with van der Waals surface area (Å²) in [6, 6.07) is 4.29. The Morgan fingerprint density at radius 2 is 2.14 bits per heavy atom. The van der Waals surface area contributed by atoms with Crippen molar-refractivity contribution in [1.29, 1.82) is 0 Å². The van der Waals surface area contributed by atoms with Gasteiger partial charge in [0.2, 0.25) is 0 Å². The molecule has 1 N–H and O–H groups in total. The summed E-state index contributed by atoms with van der Waals surface area (Å²) in [5.41, 5.74) is 0.159. The predicted octanol–water partition coefficient (Wildman–Crippen LogP) is 1.74. The monoisotopic (exact) mass is 199 g/mol. The molecule has 0 aliphatic rings. The number of hydrogen-bond acceptors (Lipinski definition) is 2. The van der Waals surface area contributed by atoms with Gasteiger partial charge < -0.3 is 10.2 Å². The first-order valence-electron chi connectivity index (χ1n) is 4.35. The van der Waals surface area contributed by atoms with Crippen LogP contribution < -0.4 is 5.32 Å². The molecule has 0 heterocycles. The van der Waals surface area contributed by atoms with Crippen LogP contribution in [0.3, 0.4) is 0 Å². The molecule has 1 aromatic carbocycles. The fraction of sp³-hybridized carbons (Fsp3) is 0.400. The van der Waals surface area contributed by atoms with Gasteiger partial charge in [-0.25, -0.2) is 8.78 Å². The Labute approximate surface area is 82.5 Å². The number of anilines is 1. The van der Waals surface area contributed by atoms with Gasteiger partial charge in [0.15, 0.2) is 5.82 Å². The number of halogens is 2. The quantitative estimate of drug-likeness (QED) is 0.794. The Morgan fingerprint density at radius 3 is 2.79 bits per heavy atom. The number of nitrogens with one attached hydrogen (secondary N) is 1. The zero-order valence-electron chi connectivity index (χ0n) is 8.27. The van der Waals surface area contributed by atoms with E-state index < -0.39 is 11.6 Å². The second-order valence-corrected chi connectivity index (χ2v) is 3.28. The summed E-state index contributed by atoms with van der Waals surface area (Å²) in [4.78, 5) is 1.95. The molecule has 0 saturated carbocycles. The van der Waals surface area contributed by atoms with Crippen molar-refractivity contribution >= 4 is 5.69 Å². The maximum absolute atomic E-state index is 13.0. The van der Waals surface area contributed by atoms with E-state index in [4.69, 9.17) is 0 Å². The van der Waals surface area contributed by atoms with Gasteiger partial charge in [0.25, 0.3) is 0 Å². The lowest BCUT2D eigenvalue weighted by Crippen LogP contribution is -2.21. The average Bonchev–Trinajstić information content (AvgIpc) is 2.10. The molecule has 0 amide bonds. The third-order valence-corrected chi connectivity index (χ3v) is 1.73. The van der Waals surface area contributed by atoms with Crippen LogP contribution in [0.15, 0.2) is 12.1 Å². The molecule has 1 radical (unpaired) electrons. The van der Waals surface area contributed by atoms with E-state index in [9.17, 15) is 8.78 Å². The first kappa shape index (κ1) is 10.9. The average molecular weight is 199 g/mol. The Balaban J connectivity index is 2.53. The molecule has 0 aliphatic carbocycles. The van der Waals surface area contributed by atoms with Crippen molar-refractivity contribution in [1.82, 2.24) is 4.90 Å². The second kappa shape index (κ2) is 4.91. The molecule has 0 bridgehead atoms. The van der Waals surface area contributed by atoms with Crippen molar-refractivity contribution in [2.24, 2.45) is 0 Å². The highest BCUT2D eigenvalue weighted by molar-refractivity contribution is 5.44. The lowest BCUT2D eigenvalue weighted by Gasteiger charge is -2.11. The highest BCUT2D eigenvalue weighted by atomic mass is 19.1. The summed E-state index contributed by atoms with van der Waals surface area (Å²) in [6.07, 6.45) is 0. The van der Waals surface area contributed by atoms with Crippen molar-refractivity contribution in [3.05, 3.63) is 29.8 Å². The number of likely N-dealkylation sites (N-methyl/N-ethyl adjacent to an activating group) is 1. The second-order valence-electron chi connectivity index (χ2n) is 3.28. The third-order valence-electron chi connectivity index (χ3n) is 1.73. The number of nitrogens with zero attached hydrogens (tertiary/aromatic N) is 1. The van der Waals surface area contributed by atoms with Crippen LogP contribution in [0, 0.1) is 17.7 Å². The first-order valence-corrected chi connectivity index (χ1v) is 4.35. The van der Waals surface area contributed by atoms with Crippen LogP contribution in [0.4, 0.5) is 14.5 Å². The largest absolute Gasteiger partial charge is 0.381 e. The van der Waals surface area contributed by atoms with E-state index in [0.29, 0.717) is 6.54 Å². The molecule has 0 fully saturated rings. The van der Waals surface area contributed by atoms with Gasteiger partial charge in [0, 0.05) is 19.2 Å². The molecule has 0 atom stereocenters. The van der Waals surface area contributed by atoms with Crippen molar-refractivity contribution in [3.63, 3.8) is 0 Å². The number of hydrogen-bond donors (Lipinski definition) is 1. The fourth-order valence-electron chi connectivity index (χ4n) is 0.996. The van der Waals surface area contributed by atoms with E-state index in [1.165, 1.54) is 0 Å². The topological polar surface area (TPSA) is 15.3 Å². The molecule has 0 aliphatic heterocycles. The minimum atomic E-state index is -0.551. The van der Waals surface area contributed by atoms with Crippen LogP contribution in [0.5, 0.6) is 0 Å². The normalized spacial score (nSPS) is 10.6. The first-order chi connectivity index (χ1) is 6.59. The van der Waals surface area contributed by atoms with E-state index in [1.807, 2.05) is 19.0 Å². The molecular weight excluding hydrogens is 186 g/mol. The smallest absolute Gasteiger partial charge is 0.154 e. The van der Waals surface area contributed by atoms with E-state index in [-0.39, 0.29) is 5.69 Å². The van der Waals surface area contributed by atoms with Gasteiger partial charge in [-0.1, -0.05) is 0 Å². The lowest BCUT2D eigenvalue weighted by atomic mass is 10.3. The molecule has 0 unspecified atom stereocenters. The minimum absolute atomic E-state index is 0.159. The Bertz CT molecular complexity index is 300. The van der Waals surface area contributed by atoms with E-state index >= 15 is 0 Å². The molecule has 14 heavy (non-hydrogen) atoms. The lowest BCUT2D eigenvalue weighted by molar-refractivity contribution is 0.425. The zero-order chi connectivity index (χ0) is 10.6. The van der Waals surface area contributed by atoms with E-state index in [0.717, 1.165) is 18.7 Å². The molecule has 77 valence electrons. The van der Waals surface area contributed by atoms with Crippen LogP contribution in [-0.4, -0.2) is 32.1 Å². The fourth-order valence-corrected chi connectivity index (χ4v) is 0.996. The predicted molar refractivity (Wildman–Crippen MR) is 52.2 cm³/mol. The maximum Gasteiger partial charge on any atom is 0.154 e. The molecular formula is C10H13F2N2. The van der Waals surface area contributed by atoms with Gasteiger partial charge in [0.05, 0.1) is 5.69 Å². The highest BCUT2D eigenvalue weighted by Gasteiger charge is 2.02. The molecule has 0 spiro atoms. The summed E-state index contributed by atoms with van der Waals surface area (Å²) in [5.74, 6) is -1.04. The SMILES string of the molecule is CN(C)CCNc1cc(F)c[c]c1F. The van der Waals surface area contributed by atoms with Crippen molar-refractivity contribution in [2.45, 2.75) is 0 Å². The van der Waals surface area contributed by atoms with Crippen LogP contribution in [0.1, 0.15) is 0 Å². The number of benzene rings is 1. The van der Waals surface area contributed by atoms with Crippen LogP contribution >= 0.6 is 0 Å².